The first kappa shape index (κ1) is 17.5. The van der Waals surface area contributed by atoms with E-state index in [1.54, 1.807) is 13.8 Å². The van der Waals surface area contributed by atoms with Crippen LogP contribution >= 0.6 is 0 Å². The molecule has 1 aliphatic rings. The number of nitrogens with one attached hydrogen (secondary N) is 1. The highest BCUT2D eigenvalue weighted by Crippen LogP contribution is 2.44. The zero-order chi connectivity index (χ0) is 18.1. The van der Waals surface area contributed by atoms with E-state index in [-0.39, 0.29) is 23.2 Å². The average Bonchev–Trinajstić information content (AvgIpc) is 2.74. The van der Waals surface area contributed by atoms with Crippen LogP contribution in [-0.2, 0) is 14.9 Å². The van der Waals surface area contributed by atoms with Crippen LogP contribution in [0.25, 0.3) is 0 Å². The summed E-state index contributed by atoms with van der Waals surface area (Å²) in [4.78, 5) is 20.8. The Labute approximate surface area is 140 Å². The highest BCUT2D eigenvalue weighted by Gasteiger charge is 2.49. The Kier molecular flexibility index (Phi) is 4.64. The number of aryl methyl sites for hydroxylation is 1. The summed E-state index contributed by atoms with van der Waals surface area (Å²) in [5.41, 5.74) is 6.16. The largest absolute Gasteiger partial charge is 0.513 e. The number of aliphatic hydroxyl groups excluding tert-OH is 1. The van der Waals surface area contributed by atoms with E-state index in [0.29, 0.717) is 30.0 Å². The number of aromatic nitrogens is 2. The minimum absolute atomic E-state index is 0.109. The Morgan fingerprint density at radius 2 is 2.08 bits per heavy atom. The molecule has 7 heteroatoms. The second-order valence-corrected chi connectivity index (χ2v) is 6.03. The average molecular weight is 330 g/mol. The molecule has 0 saturated heterocycles. The van der Waals surface area contributed by atoms with Gasteiger partial charge in [-0.15, -0.1) is 0 Å². The Bertz CT molecular complexity index is 754. The lowest BCUT2D eigenvalue weighted by Crippen LogP contribution is -2.34. The van der Waals surface area contributed by atoms with E-state index in [0.717, 1.165) is 5.57 Å². The summed E-state index contributed by atoms with van der Waals surface area (Å²) >= 11 is 0. The molecule has 1 aliphatic heterocycles. The molecule has 1 aromatic heterocycles. The molecule has 0 radical (unpaired) electrons. The Morgan fingerprint density at radius 3 is 2.71 bits per heavy atom. The van der Waals surface area contributed by atoms with Crippen LogP contribution in [0.5, 0.6) is 0 Å². The van der Waals surface area contributed by atoms with Gasteiger partial charge >= 0.3 is 0 Å². The third kappa shape index (κ3) is 3.10. The number of aliphatic hydroxyl groups is 1. The standard InChI is InChI=1S/C17H22N4O3/c1-9(6-7-10(2)22)8-24-11(3)17(5)13-14(18)19-12(4)20-15(13)21-16(17)23/h8,22H,2-3,6-7H2,1,4-5H3,(H3,18,19,20,21,23)/b9-8+. The van der Waals surface area contributed by atoms with Crippen LogP contribution in [-0.4, -0.2) is 21.0 Å². The maximum Gasteiger partial charge on any atom is 0.243 e. The molecule has 2 heterocycles. The van der Waals surface area contributed by atoms with Gasteiger partial charge in [0.1, 0.15) is 28.6 Å². The van der Waals surface area contributed by atoms with Crippen LogP contribution in [0.15, 0.2) is 36.5 Å². The predicted octanol–water partition coefficient (Wildman–Crippen LogP) is 2.86. The summed E-state index contributed by atoms with van der Waals surface area (Å²) in [6.07, 6.45) is 2.54. The van der Waals surface area contributed by atoms with Gasteiger partial charge in [-0.05, 0) is 32.8 Å². The molecular formula is C17H22N4O3. The number of nitrogens with zero attached hydrogens (tertiary/aromatic N) is 2. The van der Waals surface area contributed by atoms with Crippen molar-refractivity contribution in [1.29, 1.82) is 0 Å². The molecule has 4 N–H and O–H groups in total. The number of amides is 1. The number of hydrogen-bond acceptors (Lipinski definition) is 6. The van der Waals surface area contributed by atoms with Crippen molar-refractivity contribution in [2.45, 2.75) is 39.0 Å². The zero-order valence-corrected chi connectivity index (χ0v) is 14.1. The second-order valence-electron chi connectivity index (χ2n) is 6.03. The van der Waals surface area contributed by atoms with Crippen LogP contribution in [0.3, 0.4) is 0 Å². The summed E-state index contributed by atoms with van der Waals surface area (Å²) in [6.45, 7) is 12.5. The normalized spacial score (nSPS) is 19.6. The van der Waals surface area contributed by atoms with Crippen molar-refractivity contribution in [1.82, 2.24) is 9.97 Å². The van der Waals surface area contributed by atoms with Gasteiger partial charge in [0.05, 0.1) is 17.6 Å². The van der Waals surface area contributed by atoms with Gasteiger partial charge in [-0.25, -0.2) is 9.97 Å². The lowest BCUT2D eigenvalue weighted by atomic mass is 9.83. The number of anilines is 2. The maximum atomic E-state index is 12.5. The molecule has 7 nitrogen and oxygen atoms in total. The van der Waals surface area contributed by atoms with E-state index in [2.05, 4.69) is 28.4 Å². The van der Waals surface area contributed by atoms with Crippen LogP contribution in [0, 0.1) is 6.92 Å². The van der Waals surface area contributed by atoms with Gasteiger partial charge in [-0.2, -0.15) is 0 Å². The van der Waals surface area contributed by atoms with Crippen molar-refractivity contribution in [2.75, 3.05) is 11.1 Å². The predicted molar refractivity (Wildman–Crippen MR) is 92.1 cm³/mol. The van der Waals surface area contributed by atoms with Gasteiger partial charge in [0.25, 0.3) is 0 Å². The third-order valence-electron chi connectivity index (χ3n) is 4.00. The van der Waals surface area contributed by atoms with Crippen molar-refractivity contribution in [3.8, 4) is 0 Å². The smallest absolute Gasteiger partial charge is 0.243 e. The maximum absolute atomic E-state index is 12.5. The number of hydrogen-bond donors (Lipinski definition) is 3. The SMILES string of the molecule is C=C(O)CC/C(C)=C/OC(=C)C1(C)C(=O)Nc2nc(C)nc(N)c21. The molecule has 0 fully saturated rings. The number of nitrogens with two attached hydrogens (primary N) is 1. The number of ether oxygens (including phenoxy) is 1. The molecule has 1 aromatic rings. The molecule has 1 atom stereocenters. The number of carbonyl (C=O) groups excluding carboxylic acids is 1. The molecule has 0 saturated carbocycles. The third-order valence-corrected chi connectivity index (χ3v) is 4.00. The first-order chi connectivity index (χ1) is 11.2. The van der Waals surface area contributed by atoms with Crippen molar-refractivity contribution in [3.05, 3.63) is 47.9 Å². The Hall–Kier alpha value is -2.83. The molecule has 0 aliphatic carbocycles. The van der Waals surface area contributed by atoms with E-state index in [1.165, 1.54) is 6.26 Å². The van der Waals surface area contributed by atoms with Gasteiger partial charge in [0.15, 0.2) is 0 Å². The fraction of sp³-hybridized carbons (Fsp3) is 0.353. The topological polar surface area (TPSA) is 110 Å². The van der Waals surface area contributed by atoms with Crippen LogP contribution in [0.4, 0.5) is 11.6 Å². The number of carbonyl (C=O) groups is 1. The van der Waals surface area contributed by atoms with Gasteiger partial charge in [-0.3, -0.25) is 4.79 Å². The van der Waals surface area contributed by atoms with Crippen molar-refractivity contribution < 1.29 is 14.6 Å². The quantitative estimate of drug-likeness (QED) is 0.692. The molecule has 128 valence electrons. The van der Waals surface area contributed by atoms with Crippen molar-refractivity contribution in [2.24, 2.45) is 0 Å². The first-order valence-electron chi connectivity index (χ1n) is 7.50. The fourth-order valence-corrected chi connectivity index (χ4v) is 2.48. The summed E-state index contributed by atoms with van der Waals surface area (Å²) in [7, 11) is 0. The minimum atomic E-state index is -1.18. The van der Waals surface area contributed by atoms with Crippen molar-refractivity contribution in [3.63, 3.8) is 0 Å². The number of fused-ring (bicyclic) bond motifs is 1. The molecule has 0 aromatic carbocycles. The van der Waals surface area contributed by atoms with Crippen molar-refractivity contribution >= 4 is 17.5 Å². The molecule has 0 bridgehead atoms. The van der Waals surface area contributed by atoms with Crippen LogP contribution in [0.2, 0.25) is 0 Å². The Morgan fingerprint density at radius 1 is 1.42 bits per heavy atom. The van der Waals surface area contributed by atoms with E-state index >= 15 is 0 Å². The van der Waals surface area contributed by atoms with E-state index in [9.17, 15) is 4.79 Å². The van der Waals surface area contributed by atoms with E-state index < -0.39 is 5.41 Å². The number of rotatable bonds is 6. The molecule has 1 amide bonds. The highest BCUT2D eigenvalue weighted by molar-refractivity contribution is 6.08. The van der Waals surface area contributed by atoms with E-state index in [4.69, 9.17) is 15.6 Å². The molecular weight excluding hydrogens is 308 g/mol. The summed E-state index contributed by atoms with van der Waals surface area (Å²) in [6, 6.07) is 0. The number of nitrogen functional groups attached to an aromatic ring is 1. The second kappa shape index (κ2) is 6.35. The van der Waals surface area contributed by atoms with Gasteiger partial charge in [0.2, 0.25) is 5.91 Å². The summed E-state index contributed by atoms with van der Waals surface area (Å²) < 4.78 is 5.60. The monoisotopic (exact) mass is 330 g/mol. The number of allylic oxidation sites excluding steroid dienone is 2. The van der Waals surface area contributed by atoms with Crippen LogP contribution < -0.4 is 11.1 Å². The molecule has 1 unspecified atom stereocenters. The molecule has 0 spiro atoms. The highest BCUT2D eigenvalue weighted by atomic mass is 16.5. The van der Waals surface area contributed by atoms with Gasteiger partial charge in [-0.1, -0.05) is 13.2 Å². The lowest BCUT2D eigenvalue weighted by molar-refractivity contribution is -0.120. The summed E-state index contributed by atoms with van der Waals surface area (Å²) in [5, 5.41) is 11.8. The minimum Gasteiger partial charge on any atom is -0.513 e. The van der Waals surface area contributed by atoms with Gasteiger partial charge in [0, 0.05) is 6.42 Å². The molecule has 2 rings (SSSR count). The zero-order valence-electron chi connectivity index (χ0n) is 14.1. The van der Waals surface area contributed by atoms with Crippen LogP contribution in [0.1, 0.15) is 38.1 Å². The van der Waals surface area contributed by atoms with Gasteiger partial charge < -0.3 is 20.9 Å². The first-order valence-corrected chi connectivity index (χ1v) is 7.50. The lowest BCUT2D eigenvalue weighted by Gasteiger charge is -2.24. The Balaban J connectivity index is 2.25. The van der Waals surface area contributed by atoms with E-state index in [1.807, 2.05) is 6.92 Å². The fourth-order valence-electron chi connectivity index (χ4n) is 2.48. The molecule has 24 heavy (non-hydrogen) atoms. The summed E-state index contributed by atoms with van der Waals surface area (Å²) in [5.74, 6) is 1.10.